The Morgan fingerprint density at radius 1 is 0.412 bits per heavy atom. The lowest BCUT2D eigenvalue weighted by atomic mass is 10.1. The van der Waals surface area contributed by atoms with Crippen LogP contribution in [0.5, 0.6) is 0 Å². The van der Waals surface area contributed by atoms with Crippen molar-refractivity contribution >= 4 is 17.9 Å². The molecule has 0 saturated carbocycles. The van der Waals surface area contributed by atoms with Crippen LogP contribution in [0.15, 0.2) is 97.2 Å². The topological polar surface area (TPSA) is 78.9 Å². The van der Waals surface area contributed by atoms with Crippen molar-refractivity contribution in [2.24, 2.45) is 0 Å². The summed E-state index contributed by atoms with van der Waals surface area (Å²) in [5.41, 5.74) is 0. The van der Waals surface area contributed by atoms with Gasteiger partial charge in [-0.15, -0.1) is 0 Å². The number of ether oxygens (including phenoxy) is 3. The summed E-state index contributed by atoms with van der Waals surface area (Å²) >= 11 is 0. The third-order valence-corrected chi connectivity index (χ3v) is 7.61. The van der Waals surface area contributed by atoms with Crippen LogP contribution in [0.1, 0.15) is 149 Å². The summed E-state index contributed by atoms with van der Waals surface area (Å²) in [5, 5.41) is 0. The van der Waals surface area contributed by atoms with Crippen molar-refractivity contribution < 1.29 is 28.6 Å². The summed E-state index contributed by atoms with van der Waals surface area (Å²) in [6.07, 6.45) is 50.0. The molecule has 0 aromatic carbocycles. The van der Waals surface area contributed by atoms with Gasteiger partial charge in [0, 0.05) is 19.3 Å². The molecule has 0 bridgehead atoms. The Morgan fingerprint density at radius 3 is 1.20 bits per heavy atom. The minimum absolute atomic E-state index is 0.130. The Kier molecular flexibility index (Phi) is 36.3. The van der Waals surface area contributed by atoms with E-state index in [0.717, 1.165) is 70.6 Å². The van der Waals surface area contributed by atoms with E-state index in [0.29, 0.717) is 19.3 Å². The molecule has 0 aliphatic rings. The van der Waals surface area contributed by atoms with Gasteiger partial charge >= 0.3 is 17.9 Å². The van der Waals surface area contributed by atoms with Gasteiger partial charge in [0.15, 0.2) is 6.10 Å². The van der Waals surface area contributed by atoms with E-state index in [4.69, 9.17) is 14.2 Å². The van der Waals surface area contributed by atoms with Crippen molar-refractivity contribution in [2.45, 2.75) is 155 Å². The molecule has 0 spiro atoms. The van der Waals surface area contributed by atoms with Crippen LogP contribution in [-0.2, 0) is 28.6 Å². The monoisotopic (exact) mass is 707 g/mol. The zero-order valence-corrected chi connectivity index (χ0v) is 32.3. The smallest absolute Gasteiger partial charge is 0.306 e. The highest BCUT2D eigenvalue weighted by molar-refractivity contribution is 5.71. The van der Waals surface area contributed by atoms with Gasteiger partial charge in [0.05, 0.1) is 0 Å². The molecular formula is C45H70O6. The minimum Gasteiger partial charge on any atom is -0.462 e. The fraction of sp³-hybridized carbons (Fsp3) is 0.578. The van der Waals surface area contributed by atoms with Crippen molar-refractivity contribution in [3.8, 4) is 0 Å². The average molecular weight is 707 g/mol. The standard InChI is InChI=1S/C45H70O6/c1-4-7-10-13-16-18-20-22-24-26-29-32-35-38-44(47)50-41-42(40-49-43(46)37-34-31-28-15-12-9-6-3)51-45(48)39-36-33-30-27-25-23-21-19-17-14-11-8-5-2/h7-8,10-11,16-19,22-25,29-30,32-33,42H,4-6,9,12-15,20-21,26-28,31,34-41H2,1-3H3/b10-7-,11-8-,18-16-,19-17-,24-22-,25-23-,32-29-,33-30-. The van der Waals surface area contributed by atoms with E-state index < -0.39 is 12.1 Å². The maximum atomic E-state index is 12.6. The minimum atomic E-state index is -0.839. The van der Waals surface area contributed by atoms with Crippen LogP contribution in [0.3, 0.4) is 0 Å². The highest BCUT2D eigenvalue weighted by Crippen LogP contribution is 2.10. The second-order valence-electron chi connectivity index (χ2n) is 12.4. The van der Waals surface area contributed by atoms with Gasteiger partial charge in [0.25, 0.3) is 0 Å². The van der Waals surface area contributed by atoms with Gasteiger partial charge in [-0.3, -0.25) is 14.4 Å². The average Bonchev–Trinajstić information content (AvgIpc) is 3.12. The number of rotatable bonds is 33. The molecule has 0 N–H and O–H groups in total. The quantitative estimate of drug-likeness (QED) is 0.0292. The largest absolute Gasteiger partial charge is 0.462 e. The van der Waals surface area contributed by atoms with Gasteiger partial charge in [-0.25, -0.2) is 0 Å². The molecule has 0 rings (SSSR count). The molecule has 0 fully saturated rings. The molecule has 0 radical (unpaired) electrons. The molecule has 1 unspecified atom stereocenters. The molecule has 6 nitrogen and oxygen atoms in total. The lowest BCUT2D eigenvalue weighted by Crippen LogP contribution is -2.30. The molecule has 0 amide bonds. The molecular weight excluding hydrogens is 636 g/mol. The van der Waals surface area contributed by atoms with Gasteiger partial charge in [0.2, 0.25) is 0 Å². The fourth-order valence-electron chi connectivity index (χ4n) is 4.70. The van der Waals surface area contributed by atoms with Crippen molar-refractivity contribution in [3.05, 3.63) is 97.2 Å². The van der Waals surface area contributed by atoms with Gasteiger partial charge in [-0.1, -0.05) is 157 Å². The molecule has 0 aliphatic heterocycles. The van der Waals surface area contributed by atoms with Crippen LogP contribution in [-0.4, -0.2) is 37.2 Å². The first-order valence-electron chi connectivity index (χ1n) is 19.7. The van der Waals surface area contributed by atoms with Gasteiger partial charge in [-0.2, -0.15) is 0 Å². The lowest BCUT2D eigenvalue weighted by molar-refractivity contribution is -0.166. The van der Waals surface area contributed by atoms with E-state index >= 15 is 0 Å². The lowest BCUT2D eigenvalue weighted by Gasteiger charge is -2.18. The number of unbranched alkanes of at least 4 members (excludes halogenated alkanes) is 6. The Hall–Kier alpha value is -3.67. The van der Waals surface area contributed by atoms with Crippen LogP contribution in [0.25, 0.3) is 0 Å². The first-order chi connectivity index (χ1) is 25.0. The van der Waals surface area contributed by atoms with Crippen LogP contribution < -0.4 is 0 Å². The maximum Gasteiger partial charge on any atom is 0.306 e. The summed E-state index contributed by atoms with van der Waals surface area (Å²) < 4.78 is 16.4. The van der Waals surface area contributed by atoms with Crippen molar-refractivity contribution in [2.75, 3.05) is 13.2 Å². The van der Waals surface area contributed by atoms with E-state index in [2.05, 4.69) is 93.7 Å². The molecule has 1 atom stereocenters. The molecule has 0 heterocycles. The summed E-state index contributed by atoms with van der Waals surface area (Å²) in [6.45, 7) is 6.18. The van der Waals surface area contributed by atoms with Gasteiger partial charge in [-0.05, 0) is 70.6 Å². The summed E-state index contributed by atoms with van der Waals surface area (Å²) in [6, 6.07) is 0. The zero-order valence-electron chi connectivity index (χ0n) is 32.3. The highest BCUT2D eigenvalue weighted by Gasteiger charge is 2.19. The predicted molar refractivity (Wildman–Crippen MR) is 214 cm³/mol. The molecule has 6 heteroatoms. The van der Waals surface area contributed by atoms with E-state index in [-0.39, 0.29) is 38.0 Å². The van der Waals surface area contributed by atoms with Crippen LogP contribution in [0, 0.1) is 0 Å². The molecule has 0 aromatic heterocycles. The van der Waals surface area contributed by atoms with E-state index in [1.54, 1.807) is 0 Å². The van der Waals surface area contributed by atoms with Crippen LogP contribution in [0.4, 0.5) is 0 Å². The molecule has 0 aliphatic carbocycles. The van der Waals surface area contributed by atoms with Gasteiger partial charge in [0.1, 0.15) is 13.2 Å². The second-order valence-corrected chi connectivity index (χ2v) is 12.4. The number of carbonyl (C=O) groups is 3. The fourth-order valence-corrected chi connectivity index (χ4v) is 4.70. The van der Waals surface area contributed by atoms with Gasteiger partial charge < -0.3 is 14.2 Å². The van der Waals surface area contributed by atoms with E-state index in [1.807, 2.05) is 24.3 Å². The first kappa shape index (κ1) is 47.3. The maximum absolute atomic E-state index is 12.6. The number of carbonyl (C=O) groups excluding carboxylic acids is 3. The Balaban J connectivity index is 4.60. The SMILES string of the molecule is CC/C=C\C/C=C\C/C=C\C/C=C\CCC(=O)OCC(COC(=O)CCCCCCCCC)OC(=O)CC/C=C\C/C=C\C/C=C\C/C=C\CC. The number of esters is 3. The Labute approximate surface area is 311 Å². The van der Waals surface area contributed by atoms with Crippen molar-refractivity contribution in [3.63, 3.8) is 0 Å². The molecule has 51 heavy (non-hydrogen) atoms. The third-order valence-electron chi connectivity index (χ3n) is 7.61. The van der Waals surface area contributed by atoms with Crippen LogP contribution in [0.2, 0.25) is 0 Å². The number of hydrogen-bond acceptors (Lipinski definition) is 6. The highest BCUT2D eigenvalue weighted by atomic mass is 16.6. The molecule has 0 aromatic rings. The normalized spacial score (nSPS) is 13.1. The van der Waals surface area contributed by atoms with Crippen molar-refractivity contribution in [1.82, 2.24) is 0 Å². The zero-order chi connectivity index (χ0) is 37.3. The van der Waals surface area contributed by atoms with E-state index in [1.165, 1.54) is 25.7 Å². The summed E-state index contributed by atoms with van der Waals surface area (Å²) in [5.74, 6) is -1.12. The molecule has 286 valence electrons. The third kappa shape index (κ3) is 37.4. The first-order valence-corrected chi connectivity index (χ1v) is 19.7. The number of allylic oxidation sites excluding steroid dienone is 16. The van der Waals surface area contributed by atoms with E-state index in [9.17, 15) is 14.4 Å². The van der Waals surface area contributed by atoms with Crippen LogP contribution >= 0.6 is 0 Å². The number of hydrogen-bond donors (Lipinski definition) is 0. The summed E-state index contributed by atoms with van der Waals surface area (Å²) in [4.78, 5) is 37.3. The Bertz CT molecular complexity index is 1090. The Morgan fingerprint density at radius 2 is 0.765 bits per heavy atom. The predicted octanol–water partition coefficient (Wildman–Crippen LogP) is 12.3. The molecule has 0 saturated heterocycles. The summed E-state index contributed by atoms with van der Waals surface area (Å²) in [7, 11) is 0. The van der Waals surface area contributed by atoms with Crippen molar-refractivity contribution in [1.29, 1.82) is 0 Å². The second kappa shape index (κ2) is 39.1.